The van der Waals surface area contributed by atoms with Crippen molar-refractivity contribution in [2.75, 3.05) is 0 Å². The SMILES string of the molecule is N#CC1=C(N)SC(c2ccc(Br)cc2)C(C#N)(C(N)=S)C1c1ccc(Br)cc1. The van der Waals surface area contributed by atoms with Crippen LogP contribution in [-0.4, -0.2) is 4.99 Å². The topological polar surface area (TPSA) is 99.6 Å². The number of halogens is 2. The van der Waals surface area contributed by atoms with Crippen molar-refractivity contribution in [3.8, 4) is 12.1 Å². The number of nitrogens with two attached hydrogens (primary N) is 2. The molecule has 1 aliphatic heterocycles. The molecule has 3 atom stereocenters. The molecule has 0 aromatic heterocycles. The molecule has 2 aromatic carbocycles. The molecule has 0 saturated heterocycles. The van der Waals surface area contributed by atoms with Gasteiger partial charge in [0.15, 0.2) is 0 Å². The minimum Gasteiger partial charge on any atom is -0.393 e. The van der Waals surface area contributed by atoms with Gasteiger partial charge in [-0.25, -0.2) is 0 Å². The average molecular weight is 534 g/mol. The van der Waals surface area contributed by atoms with Crippen molar-refractivity contribution in [2.24, 2.45) is 16.9 Å². The second-order valence-corrected chi connectivity index (χ2v) is 9.69. The van der Waals surface area contributed by atoms with Gasteiger partial charge in [0.25, 0.3) is 0 Å². The van der Waals surface area contributed by atoms with Gasteiger partial charge >= 0.3 is 0 Å². The Hall–Kier alpha value is -1.84. The fourth-order valence-corrected chi connectivity index (χ4v) is 5.65. The molecule has 0 fully saturated rings. The smallest absolute Gasteiger partial charge is 0.135 e. The zero-order valence-corrected chi connectivity index (χ0v) is 19.2. The standard InChI is InChI=1S/C20H14Br2N4S2/c21-13-5-1-11(2-6-13)16-15(9-23)18(25)28-17(20(16,10-24)19(26)27)12-3-7-14(22)8-4-12/h1-8,16-17H,25H2,(H2,26,27). The first-order valence-corrected chi connectivity index (χ1v) is 11.0. The Labute approximate surface area is 189 Å². The first-order valence-electron chi connectivity index (χ1n) is 8.13. The molecule has 0 saturated carbocycles. The molecule has 0 radical (unpaired) electrons. The molecule has 8 heteroatoms. The lowest BCUT2D eigenvalue weighted by atomic mass is 9.65. The Kier molecular flexibility index (Phi) is 6.16. The summed E-state index contributed by atoms with van der Waals surface area (Å²) in [6, 6.07) is 19.6. The second kappa shape index (κ2) is 8.26. The summed E-state index contributed by atoms with van der Waals surface area (Å²) in [6.07, 6.45) is 0. The first kappa shape index (κ1) is 20.9. The summed E-state index contributed by atoms with van der Waals surface area (Å²) in [7, 11) is 0. The Morgan fingerprint density at radius 3 is 1.93 bits per heavy atom. The van der Waals surface area contributed by atoms with E-state index in [2.05, 4.69) is 44.0 Å². The highest BCUT2D eigenvalue weighted by atomic mass is 79.9. The van der Waals surface area contributed by atoms with E-state index in [0.29, 0.717) is 10.6 Å². The predicted molar refractivity (Wildman–Crippen MR) is 123 cm³/mol. The van der Waals surface area contributed by atoms with Crippen LogP contribution in [-0.2, 0) is 0 Å². The Morgan fingerprint density at radius 1 is 1.00 bits per heavy atom. The van der Waals surface area contributed by atoms with E-state index in [1.807, 2.05) is 48.5 Å². The minimum atomic E-state index is -1.31. The van der Waals surface area contributed by atoms with Gasteiger partial charge in [-0.2, -0.15) is 10.5 Å². The summed E-state index contributed by atoms with van der Waals surface area (Å²) in [5.74, 6) is -0.664. The van der Waals surface area contributed by atoms with Gasteiger partial charge in [0.2, 0.25) is 0 Å². The molecule has 0 spiro atoms. The third-order valence-corrected chi connectivity index (χ3v) is 7.51. The van der Waals surface area contributed by atoms with E-state index in [-0.39, 0.29) is 4.99 Å². The molecule has 3 unspecified atom stereocenters. The van der Waals surface area contributed by atoms with Crippen LogP contribution in [0.2, 0.25) is 0 Å². The highest BCUT2D eigenvalue weighted by molar-refractivity contribution is 9.10. The number of allylic oxidation sites excluding steroid dienone is 1. The number of hydrogen-bond acceptors (Lipinski definition) is 5. The summed E-state index contributed by atoms with van der Waals surface area (Å²) < 4.78 is 1.81. The summed E-state index contributed by atoms with van der Waals surface area (Å²) in [4.78, 5) is 0.0450. The molecular weight excluding hydrogens is 520 g/mol. The fourth-order valence-electron chi connectivity index (χ4n) is 3.43. The molecule has 0 aliphatic carbocycles. The van der Waals surface area contributed by atoms with Crippen LogP contribution in [0.5, 0.6) is 0 Å². The highest BCUT2D eigenvalue weighted by Gasteiger charge is 2.55. The zero-order valence-electron chi connectivity index (χ0n) is 14.4. The quantitative estimate of drug-likeness (QED) is 0.521. The number of nitrogens with zero attached hydrogens (tertiary/aromatic N) is 2. The van der Waals surface area contributed by atoms with Gasteiger partial charge in [-0.15, -0.1) is 0 Å². The van der Waals surface area contributed by atoms with Crippen molar-refractivity contribution in [1.29, 1.82) is 10.5 Å². The van der Waals surface area contributed by atoms with Crippen molar-refractivity contribution in [2.45, 2.75) is 11.2 Å². The number of thiocarbonyl (C=S) groups is 1. The van der Waals surface area contributed by atoms with E-state index < -0.39 is 16.6 Å². The van der Waals surface area contributed by atoms with E-state index in [1.54, 1.807) is 0 Å². The summed E-state index contributed by atoms with van der Waals surface area (Å²) in [5.41, 5.74) is 13.1. The third-order valence-electron chi connectivity index (χ3n) is 4.76. The van der Waals surface area contributed by atoms with E-state index in [9.17, 15) is 10.5 Å². The number of hydrogen-bond donors (Lipinski definition) is 2. The third kappa shape index (κ3) is 3.46. The zero-order chi connectivity index (χ0) is 20.5. The van der Waals surface area contributed by atoms with Crippen molar-refractivity contribution in [3.63, 3.8) is 0 Å². The van der Waals surface area contributed by atoms with Crippen LogP contribution in [0.1, 0.15) is 22.3 Å². The van der Waals surface area contributed by atoms with Gasteiger partial charge in [-0.1, -0.05) is 80.1 Å². The van der Waals surface area contributed by atoms with Gasteiger partial charge < -0.3 is 11.5 Å². The molecule has 3 rings (SSSR count). The van der Waals surface area contributed by atoms with Crippen LogP contribution in [0.25, 0.3) is 0 Å². The van der Waals surface area contributed by atoms with Crippen molar-refractivity contribution >= 4 is 60.8 Å². The number of nitriles is 2. The lowest BCUT2D eigenvalue weighted by Gasteiger charge is -2.44. The van der Waals surface area contributed by atoms with Crippen LogP contribution in [0, 0.1) is 28.1 Å². The van der Waals surface area contributed by atoms with Crippen LogP contribution in [0.4, 0.5) is 0 Å². The second-order valence-electron chi connectivity index (χ2n) is 6.27. The maximum atomic E-state index is 10.4. The summed E-state index contributed by atoms with van der Waals surface area (Å²) in [6.45, 7) is 0. The minimum absolute atomic E-state index is 0.0450. The highest BCUT2D eigenvalue weighted by Crippen LogP contribution is 2.60. The molecule has 4 nitrogen and oxygen atoms in total. The van der Waals surface area contributed by atoms with Gasteiger partial charge in [0.05, 0.1) is 33.0 Å². The van der Waals surface area contributed by atoms with Crippen molar-refractivity contribution in [3.05, 3.63) is 79.2 Å². The predicted octanol–water partition coefficient (Wildman–Crippen LogP) is 5.27. The van der Waals surface area contributed by atoms with E-state index in [4.69, 9.17) is 23.7 Å². The van der Waals surface area contributed by atoms with E-state index >= 15 is 0 Å². The lowest BCUT2D eigenvalue weighted by molar-refractivity contribution is 0.462. The molecule has 1 aliphatic rings. The molecule has 28 heavy (non-hydrogen) atoms. The molecule has 1 heterocycles. The maximum absolute atomic E-state index is 10.4. The van der Waals surface area contributed by atoms with Gasteiger partial charge in [0, 0.05) is 14.9 Å². The van der Waals surface area contributed by atoms with Gasteiger partial charge in [-0.05, 0) is 35.4 Å². The lowest BCUT2D eigenvalue weighted by Crippen LogP contribution is -2.47. The molecule has 0 amide bonds. The Bertz CT molecular complexity index is 1040. The Balaban J connectivity index is 2.32. The van der Waals surface area contributed by atoms with E-state index in [0.717, 1.165) is 20.1 Å². The fraction of sp³-hybridized carbons (Fsp3) is 0.150. The number of rotatable bonds is 3. The van der Waals surface area contributed by atoms with Crippen LogP contribution in [0.3, 0.4) is 0 Å². The molecular formula is C20H14Br2N4S2. The molecule has 0 bridgehead atoms. The summed E-state index contributed by atoms with van der Waals surface area (Å²) in [5, 5.41) is 20.1. The average Bonchev–Trinajstić information content (AvgIpc) is 2.68. The van der Waals surface area contributed by atoms with Crippen LogP contribution in [0.15, 0.2) is 68.1 Å². The van der Waals surface area contributed by atoms with Gasteiger partial charge in [0.1, 0.15) is 5.41 Å². The Morgan fingerprint density at radius 2 is 1.50 bits per heavy atom. The molecule has 2 aromatic rings. The largest absolute Gasteiger partial charge is 0.393 e. The summed E-state index contributed by atoms with van der Waals surface area (Å²) >= 11 is 13.5. The van der Waals surface area contributed by atoms with Crippen molar-refractivity contribution < 1.29 is 0 Å². The molecule has 140 valence electrons. The normalized spacial score (nSPS) is 24.3. The maximum Gasteiger partial charge on any atom is 0.135 e. The van der Waals surface area contributed by atoms with E-state index in [1.165, 1.54) is 11.8 Å². The van der Waals surface area contributed by atoms with Crippen LogP contribution < -0.4 is 11.5 Å². The number of thioether (sulfide) groups is 1. The number of benzene rings is 2. The van der Waals surface area contributed by atoms with Crippen molar-refractivity contribution in [1.82, 2.24) is 0 Å². The monoisotopic (exact) mass is 532 g/mol. The van der Waals surface area contributed by atoms with Gasteiger partial charge in [-0.3, -0.25) is 0 Å². The first-order chi connectivity index (χ1) is 13.3. The molecule has 4 N–H and O–H groups in total. The van der Waals surface area contributed by atoms with Crippen LogP contribution >= 0.6 is 55.8 Å².